The molecule has 0 unspecified atom stereocenters. The van der Waals surface area contributed by atoms with Gasteiger partial charge in [-0.05, 0) is 73.1 Å². The number of imide groups is 2. The molecule has 7 rings (SSSR count). The lowest BCUT2D eigenvalue weighted by atomic mass is 9.49. The van der Waals surface area contributed by atoms with Crippen LogP contribution in [0.2, 0.25) is 10.0 Å². The maximum absolute atomic E-state index is 15.4. The van der Waals surface area contributed by atoms with Crippen LogP contribution in [0, 0.1) is 23.7 Å². The number of carboxylic acids is 1. The number of allylic oxidation sites excluding steroid dienone is 3. The van der Waals surface area contributed by atoms with Crippen molar-refractivity contribution in [1.29, 1.82) is 0 Å². The first-order valence-electron chi connectivity index (χ1n) is 17.4. The van der Waals surface area contributed by atoms with Crippen molar-refractivity contribution < 1.29 is 38.9 Å². The number of para-hydroxylation sites is 1. The molecular weight excluding hydrogens is 721 g/mol. The molecule has 3 aromatic carbocycles. The van der Waals surface area contributed by atoms with Crippen molar-refractivity contribution in [1.82, 2.24) is 9.91 Å². The standard InChI is InChI=1S/C40H37Cl2N3O8/c1-3-6-21-7-4-8-27(35(21)48)34-25-15-16-26-33(38(51)44(36(26)49)18-5-9-32(46)47)28(25)20-29-37(50)45(43-31-17-12-23(41)19-30(31)42)39(52)40(29,34)22-10-13-24(53-2)14-11-22/h3-4,7-8,10-15,17,19,26,28-29,33-34,43,48H,1,5-6,9,16,18,20H2,2H3,(H,46,47)/t26-,28+,29-,33-,34+,40+/m0/s1. The first kappa shape index (κ1) is 36.2. The first-order chi connectivity index (χ1) is 25.4. The molecule has 1 saturated carbocycles. The van der Waals surface area contributed by atoms with Crippen molar-refractivity contribution in [2.45, 2.75) is 43.4 Å². The number of halogens is 2. The van der Waals surface area contributed by atoms with E-state index in [0.29, 0.717) is 39.5 Å². The number of nitrogens with zero attached hydrogens (tertiary/aromatic N) is 2. The largest absolute Gasteiger partial charge is 0.507 e. The van der Waals surface area contributed by atoms with Gasteiger partial charge in [0.15, 0.2) is 0 Å². The number of phenolic OH excluding ortho intramolecular Hbond substituents is 1. The van der Waals surface area contributed by atoms with Gasteiger partial charge in [-0.15, -0.1) is 6.58 Å². The number of amides is 4. The smallest absolute Gasteiger partial charge is 0.303 e. The van der Waals surface area contributed by atoms with Crippen molar-refractivity contribution in [2.24, 2.45) is 23.7 Å². The maximum Gasteiger partial charge on any atom is 0.303 e. The predicted octanol–water partition coefficient (Wildman–Crippen LogP) is 6.29. The minimum Gasteiger partial charge on any atom is -0.507 e. The van der Waals surface area contributed by atoms with Crippen LogP contribution in [-0.2, 0) is 35.8 Å². The Morgan fingerprint density at radius 3 is 2.47 bits per heavy atom. The fraction of sp³-hybridized carbons (Fsp3) is 0.325. The number of carbonyl (C=O) groups excluding carboxylic acids is 4. The maximum atomic E-state index is 15.4. The van der Waals surface area contributed by atoms with Crippen LogP contribution < -0.4 is 10.2 Å². The zero-order chi connectivity index (χ0) is 37.8. The lowest BCUT2D eigenvalue weighted by molar-refractivity contribution is -0.142. The molecule has 4 aliphatic rings. The number of hydrogen-bond acceptors (Lipinski definition) is 8. The van der Waals surface area contributed by atoms with Gasteiger partial charge in [-0.3, -0.25) is 34.3 Å². The number of carboxylic acid groups (broad SMARTS) is 1. The van der Waals surface area contributed by atoms with E-state index in [4.69, 9.17) is 27.9 Å². The molecule has 4 amide bonds. The summed E-state index contributed by atoms with van der Waals surface area (Å²) in [6.45, 7) is 3.80. The highest BCUT2D eigenvalue weighted by Crippen LogP contribution is 2.65. The van der Waals surface area contributed by atoms with Gasteiger partial charge in [0.05, 0.1) is 41.0 Å². The van der Waals surface area contributed by atoms with Gasteiger partial charge in [0.2, 0.25) is 11.8 Å². The van der Waals surface area contributed by atoms with E-state index in [-0.39, 0.29) is 54.6 Å². The number of rotatable bonds is 11. The fourth-order valence-electron chi connectivity index (χ4n) is 9.03. The summed E-state index contributed by atoms with van der Waals surface area (Å²) in [5.41, 5.74) is 3.70. The molecule has 11 nitrogen and oxygen atoms in total. The third kappa shape index (κ3) is 5.77. The molecule has 3 aromatic rings. The van der Waals surface area contributed by atoms with E-state index in [0.717, 1.165) is 9.91 Å². The number of phenols is 1. The van der Waals surface area contributed by atoms with Gasteiger partial charge in [-0.2, -0.15) is 5.01 Å². The summed E-state index contributed by atoms with van der Waals surface area (Å²) in [4.78, 5) is 70.6. The number of anilines is 1. The highest BCUT2D eigenvalue weighted by Gasteiger charge is 2.70. The average Bonchev–Trinajstić information content (AvgIpc) is 3.51. The van der Waals surface area contributed by atoms with Crippen LogP contribution in [0.1, 0.15) is 48.3 Å². The first-order valence-corrected chi connectivity index (χ1v) is 18.1. The molecule has 0 spiro atoms. The highest BCUT2D eigenvalue weighted by molar-refractivity contribution is 6.36. The second-order valence-corrected chi connectivity index (χ2v) is 14.7. The summed E-state index contributed by atoms with van der Waals surface area (Å²) in [5.74, 6) is -6.79. The molecule has 3 N–H and O–H groups in total. The number of carbonyl (C=O) groups is 5. The molecule has 2 aliphatic carbocycles. The zero-order valence-electron chi connectivity index (χ0n) is 28.8. The second-order valence-electron chi connectivity index (χ2n) is 13.9. The van der Waals surface area contributed by atoms with Gasteiger partial charge in [0.1, 0.15) is 11.5 Å². The Morgan fingerprint density at radius 1 is 1.04 bits per heavy atom. The van der Waals surface area contributed by atoms with Crippen LogP contribution in [0.3, 0.4) is 0 Å². The number of hydrogen-bond donors (Lipinski definition) is 3. The summed E-state index contributed by atoms with van der Waals surface area (Å²) in [6.07, 6.45) is 4.01. The molecule has 0 radical (unpaired) electrons. The normalized spacial score (nSPS) is 26.2. The number of ether oxygens (including phenoxy) is 1. The number of hydrazine groups is 1. The average molecular weight is 759 g/mol. The summed E-state index contributed by atoms with van der Waals surface area (Å²) in [5, 5.41) is 22.7. The number of likely N-dealkylation sites (tertiary alicyclic amines) is 1. The van der Waals surface area contributed by atoms with Crippen LogP contribution in [0.15, 0.2) is 85.0 Å². The van der Waals surface area contributed by atoms with E-state index in [1.165, 1.54) is 13.2 Å². The molecule has 2 saturated heterocycles. The Labute approximate surface area is 315 Å². The Bertz CT molecular complexity index is 2080. The number of methoxy groups -OCH3 is 1. The van der Waals surface area contributed by atoms with Crippen LogP contribution >= 0.6 is 23.2 Å². The predicted molar refractivity (Wildman–Crippen MR) is 196 cm³/mol. The van der Waals surface area contributed by atoms with Crippen molar-refractivity contribution in [3.05, 3.63) is 112 Å². The molecule has 53 heavy (non-hydrogen) atoms. The third-order valence-electron chi connectivity index (χ3n) is 11.3. The number of nitrogens with one attached hydrogen (secondary N) is 1. The summed E-state index contributed by atoms with van der Waals surface area (Å²) in [6, 6.07) is 16.8. The lowest BCUT2D eigenvalue weighted by Crippen LogP contribution is -2.53. The van der Waals surface area contributed by atoms with E-state index in [1.807, 2.05) is 6.08 Å². The highest BCUT2D eigenvalue weighted by atomic mass is 35.5. The second kappa shape index (κ2) is 14.0. The van der Waals surface area contributed by atoms with Crippen LogP contribution in [-0.4, -0.2) is 63.4 Å². The number of aliphatic carboxylic acids is 1. The van der Waals surface area contributed by atoms with Gasteiger partial charge < -0.3 is 14.9 Å². The van der Waals surface area contributed by atoms with E-state index in [9.17, 15) is 29.4 Å². The zero-order valence-corrected chi connectivity index (χ0v) is 30.3. The summed E-state index contributed by atoms with van der Waals surface area (Å²) >= 11 is 12.7. The van der Waals surface area contributed by atoms with Crippen molar-refractivity contribution in [3.63, 3.8) is 0 Å². The van der Waals surface area contributed by atoms with Gasteiger partial charge in [-0.25, -0.2) is 0 Å². The Kier molecular flexibility index (Phi) is 9.59. The van der Waals surface area contributed by atoms with E-state index in [1.54, 1.807) is 60.7 Å². The monoisotopic (exact) mass is 757 g/mol. The molecule has 0 bridgehead atoms. The molecule has 6 atom stereocenters. The van der Waals surface area contributed by atoms with Crippen molar-refractivity contribution in [3.8, 4) is 11.5 Å². The molecule has 13 heteroatoms. The van der Waals surface area contributed by atoms with E-state index in [2.05, 4.69) is 12.0 Å². The molecule has 2 heterocycles. The molecule has 2 aliphatic heterocycles. The Morgan fingerprint density at radius 2 is 1.79 bits per heavy atom. The lowest BCUT2D eigenvalue weighted by Gasteiger charge is -2.50. The molecule has 0 aromatic heterocycles. The van der Waals surface area contributed by atoms with Gasteiger partial charge in [0, 0.05) is 29.5 Å². The molecular formula is C40H37Cl2N3O8. The quantitative estimate of drug-likeness (QED) is 0.151. The van der Waals surface area contributed by atoms with E-state index < -0.39 is 58.7 Å². The van der Waals surface area contributed by atoms with Crippen LogP contribution in [0.4, 0.5) is 5.69 Å². The van der Waals surface area contributed by atoms with Crippen molar-refractivity contribution >= 4 is 58.5 Å². The van der Waals surface area contributed by atoms with E-state index >= 15 is 4.79 Å². The van der Waals surface area contributed by atoms with Gasteiger partial charge in [-0.1, -0.05) is 71.3 Å². The van der Waals surface area contributed by atoms with Crippen molar-refractivity contribution in [2.75, 3.05) is 19.1 Å². The SMILES string of the molecule is C=CCc1cccc([C@H]2C3=CC[C@@H]4C(=O)N(CCCC(=O)O)C(=O)[C@@H]4[C@@H]3C[C@H]3C(=O)N(Nc4ccc(Cl)cc4Cl)C(=O)[C@@]23c2ccc(OC)cc2)c1O. The number of aromatic hydroxyl groups is 1. The fourth-order valence-corrected chi connectivity index (χ4v) is 9.48. The molecule has 3 fully saturated rings. The third-order valence-corrected chi connectivity index (χ3v) is 11.8. The minimum atomic E-state index is -1.64. The number of fused-ring (bicyclic) bond motifs is 4. The minimum absolute atomic E-state index is 0.0387. The summed E-state index contributed by atoms with van der Waals surface area (Å²) in [7, 11) is 1.52. The van der Waals surface area contributed by atoms with Crippen LogP contribution in [0.25, 0.3) is 0 Å². The molecule has 274 valence electrons. The van der Waals surface area contributed by atoms with Crippen LogP contribution in [0.5, 0.6) is 11.5 Å². The van der Waals surface area contributed by atoms with Gasteiger partial charge >= 0.3 is 5.97 Å². The topological polar surface area (TPSA) is 154 Å². The number of benzene rings is 3. The Hall–Kier alpha value is -5.13. The Balaban J connectivity index is 1.44. The van der Waals surface area contributed by atoms with Gasteiger partial charge in [0.25, 0.3) is 11.8 Å². The summed E-state index contributed by atoms with van der Waals surface area (Å²) < 4.78 is 5.45.